The van der Waals surface area contributed by atoms with E-state index in [4.69, 9.17) is 11.6 Å². The van der Waals surface area contributed by atoms with E-state index in [-0.39, 0.29) is 17.0 Å². The molecule has 7 nitrogen and oxygen atoms in total. The van der Waals surface area contributed by atoms with Crippen LogP contribution in [0, 0.1) is 0 Å². The first kappa shape index (κ1) is 12.2. The molecular weight excluding hydrogens is 270 g/mol. The molecule has 19 heavy (non-hydrogen) atoms. The Labute approximate surface area is 113 Å². The van der Waals surface area contributed by atoms with Crippen LogP contribution in [0.3, 0.4) is 0 Å². The van der Waals surface area contributed by atoms with Gasteiger partial charge in [0.25, 0.3) is 0 Å². The normalized spacial score (nSPS) is 15.4. The fourth-order valence-corrected chi connectivity index (χ4v) is 2.44. The molecule has 2 aromatic heterocycles. The van der Waals surface area contributed by atoms with Crippen LogP contribution in [-0.2, 0) is 7.05 Å². The number of carbonyl (C=O) groups excluding carboxylic acids is 1. The number of likely N-dealkylation sites (tertiary alicyclic amines) is 1. The average molecular weight is 282 g/mol. The van der Waals surface area contributed by atoms with Gasteiger partial charge in [-0.1, -0.05) is 0 Å². The maximum Gasteiger partial charge on any atom is 0.338 e. The lowest BCUT2D eigenvalue weighted by Crippen LogP contribution is -2.38. The Morgan fingerprint density at radius 1 is 1.37 bits per heavy atom. The lowest BCUT2D eigenvalue weighted by atomic mass is 10.4. The predicted molar refractivity (Wildman–Crippen MR) is 69.4 cm³/mol. The van der Waals surface area contributed by atoms with Crippen molar-refractivity contribution < 1.29 is 4.79 Å². The van der Waals surface area contributed by atoms with Gasteiger partial charge in [0.15, 0.2) is 5.65 Å². The summed E-state index contributed by atoms with van der Waals surface area (Å²) in [6.45, 7) is 1.33. The second-order valence-corrected chi connectivity index (χ2v) is 4.84. The van der Waals surface area contributed by atoms with E-state index < -0.39 is 5.69 Å². The summed E-state index contributed by atoms with van der Waals surface area (Å²) in [5.74, 6) is 0. The van der Waals surface area contributed by atoms with Gasteiger partial charge in [-0.2, -0.15) is 9.55 Å². The van der Waals surface area contributed by atoms with Crippen LogP contribution in [0.25, 0.3) is 11.2 Å². The van der Waals surface area contributed by atoms with Crippen molar-refractivity contribution in [3.8, 4) is 0 Å². The van der Waals surface area contributed by atoms with Crippen molar-refractivity contribution in [3.05, 3.63) is 22.0 Å². The molecule has 0 unspecified atom stereocenters. The summed E-state index contributed by atoms with van der Waals surface area (Å²) in [5, 5.41) is 0.0149. The van der Waals surface area contributed by atoms with Gasteiger partial charge in [-0.15, -0.1) is 0 Å². The van der Waals surface area contributed by atoms with Crippen molar-refractivity contribution in [2.75, 3.05) is 13.1 Å². The smallest absolute Gasteiger partial charge is 0.324 e. The molecule has 100 valence electrons. The first-order valence-electron chi connectivity index (χ1n) is 5.99. The van der Waals surface area contributed by atoms with Crippen LogP contribution >= 0.6 is 11.6 Å². The van der Waals surface area contributed by atoms with Gasteiger partial charge >= 0.3 is 11.7 Å². The number of carbonyl (C=O) groups is 1. The van der Waals surface area contributed by atoms with Gasteiger partial charge in [0.1, 0.15) is 5.52 Å². The second kappa shape index (κ2) is 4.34. The fourth-order valence-electron chi connectivity index (χ4n) is 2.31. The number of amides is 1. The van der Waals surface area contributed by atoms with Gasteiger partial charge < -0.3 is 4.90 Å². The summed E-state index contributed by atoms with van der Waals surface area (Å²) in [7, 11) is 1.58. The number of imidazole rings is 1. The van der Waals surface area contributed by atoms with E-state index in [1.165, 1.54) is 10.8 Å². The summed E-state index contributed by atoms with van der Waals surface area (Å²) in [6.07, 6.45) is 3.36. The highest BCUT2D eigenvalue weighted by atomic mass is 35.5. The van der Waals surface area contributed by atoms with Crippen molar-refractivity contribution in [1.82, 2.24) is 24.0 Å². The highest BCUT2D eigenvalue weighted by Gasteiger charge is 2.25. The second-order valence-electron chi connectivity index (χ2n) is 4.50. The van der Waals surface area contributed by atoms with E-state index in [9.17, 15) is 9.59 Å². The molecule has 1 aliphatic heterocycles. The molecule has 0 aliphatic carbocycles. The molecular formula is C11H12ClN5O2. The van der Waals surface area contributed by atoms with Crippen LogP contribution in [0.4, 0.5) is 4.79 Å². The van der Waals surface area contributed by atoms with Crippen LogP contribution < -0.4 is 5.69 Å². The molecule has 3 rings (SSSR count). The molecule has 0 saturated carbocycles. The zero-order valence-corrected chi connectivity index (χ0v) is 11.1. The van der Waals surface area contributed by atoms with E-state index >= 15 is 0 Å². The van der Waals surface area contributed by atoms with Crippen LogP contribution in [0.15, 0.2) is 11.0 Å². The van der Waals surface area contributed by atoms with Crippen molar-refractivity contribution in [1.29, 1.82) is 0 Å². The SMILES string of the molecule is Cn1c(=O)n(C(=O)N2CCCC2)c2nc(Cl)ncc21. The Kier molecular flexibility index (Phi) is 2.78. The number of rotatable bonds is 0. The third-order valence-corrected chi connectivity index (χ3v) is 3.52. The zero-order chi connectivity index (χ0) is 13.6. The maximum atomic E-state index is 12.4. The van der Waals surface area contributed by atoms with E-state index in [0.29, 0.717) is 18.6 Å². The Morgan fingerprint density at radius 2 is 2.05 bits per heavy atom. The first-order valence-corrected chi connectivity index (χ1v) is 6.36. The molecule has 0 atom stereocenters. The molecule has 0 aromatic carbocycles. The Hall–Kier alpha value is -1.89. The molecule has 3 heterocycles. The zero-order valence-electron chi connectivity index (χ0n) is 10.3. The molecule has 2 aromatic rings. The van der Waals surface area contributed by atoms with E-state index in [1.807, 2.05) is 0 Å². The topological polar surface area (TPSA) is 73.0 Å². The van der Waals surface area contributed by atoms with Gasteiger partial charge in [0.05, 0.1) is 6.20 Å². The third-order valence-electron chi connectivity index (χ3n) is 3.34. The van der Waals surface area contributed by atoms with Crippen molar-refractivity contribution >= 4 is 28.8 Å². The van der Waals surface area contributed by atoms with Crippen molar-refractivity contribution in [3.63, 3.8) is 0 Å². The number of hydrogen-bond donors (Lipinski definition) is 0. The maximum absolute atomic E-state index is 12.4. The number of aromatic nitrogens is 4. The third kappa shape index (κ3) is 1.81. The minimum absolute atomic E-state index is 0.0149. The fraction of sp³-hybridized carbons (Fsp3) is 0.455. The molecule has 0 N–H and O–H groups in total. The van der Waals surface area contributed by atoms with Gasteiger partial charge in [-0.25, -0.2) is 14.6 Å². The molecule has 1 amide bonds. The minimum atomic E-state index is -0.427. The average Bonchev–Trinajstić information content (AvgIpc) is 2.98. The van der Waals surface area contributed by atoms with E-state index in [2.05, 4.69) is 9.97 Å². The molecule has 1 fully saturated rings. The van der Waals surface area contributed by atoms with Crippen LogP contribution in [0.2, 0.25) is 5.28 Å². The van der Waals surface area contributed by atoms with Crippen molar-refractivity contribution in [2.45, 2.75) is 12.8 Å². The van der Waals surface area contributed by atoms with Crippen molar-refractivity contribution in [2.24, 2.45) is 7.05 Å². The van der Waals surface area contributed by atoms with E-state index in [1.54, 1.807) is 11.9 Å². The summed E-state index contributed by atoms with van der Waals surface area (Å²) >= 11 is 5.74. The summed E-state index contributed by atoms with van der Waals surface area (Å²) in [5.41, 5.74) is 0.315. The highest BCUT2D eigenvalue weighted by Crippen LogP contribution is 2.14. The summed E-state index contributed by atoms with van der Waals surface area (Å²) < 4.78 is 2.41. The number of hydrogen-bond acceptors (Lipinski definition) is 4. The number of fused-ring (bicyclic) bond motifs is 1. The van der Waals surface area contributed by atoms with Crippen LogP contribution in [0.5, 0.6) is 0 Å². The van der Waals surface area contributed by atoms with E-state index in [0.717, 1.165) is 17.4 Å². The molecule has 0 bridgehead atoms. The van der Waals surface area contributed by atoms with Gasteiger partial charge in [0, 0.05) is 20.1 Å². The minimum Gasteiger partial charge on any atom is -0.324 e. The molecule has 0 radical (unpaired) electrons. The van der Waals surface area contributed by atoms with Gasteiger partial charge in [-0.05, 0) is 24.4 Å². The van der Waals surface area contributed by atoms with Gasteiger partial charge in [-0.3, -0.25) is 4.57 Å². The monoisotopic (exact) mass is 281 g/mol. The molecule has 0 spiro atoms. The Balaban J connectivity index is 2.22. The number of nitrogens with zero attached hydrogens (tertiary/aromatic N) is 5. The highest BCUT2D eigenvalue weighted by molar-refractivity contribution is 6.28. The molecule has 1 saturated heterocycles. The number of halogens is 1. The Bertz CT molecular complexity index is 714. The largest absolute Gasteiger partial charge is 0.338 e. The molecule has 1 aliphatic rings. The lowest BCUT2D eigenvalue weighted by Gasteiger charge is -2.14. The predicted octanol–water partition coefficient (Wildman–Crippen LogP) is 0.847. The summed E-state index contributed by atoms with van der Waals surface area (Å²) in [6, 6.07) is -0.345. The Morgan fingerprint density at radius 3 is 2.74 bits per heavy atom. The van der Waals surface area contributed by atoms with Gasteiger partial charge in [0.2, 0.25) is 5.28 Å². The lowest BCUT2D eigenvalue weighted by molar-refractivity contribution is 0.210. The number of aryl methyl sites for hydroxylation is 1. The first-order chi connectivity index (χ1) is 9.09. The molecule has 8 heteroatoms. The quantitative estimate of drug-likeness (QED) is 0.671. The summed E-state index contributed by atoms with van der Waals surface area (Å²) in [4.78, 5) is 34.0. The van der Waals surface area contributed by atoms with Crippen LogP contribution in [-0.4, -0.2) is 43.1 Å². The van der Waals surface area contributed by atoms with Crippen LogP contribution in [0.1, 0.15) is 12.8 Å². The standard InChI is InChI=1S/C11H12ClN5O2/c1-15-7-6-13-9(12)14-8(7)17(10(15)18)11(19)16-4-2-3-5-16/h6H,2-5H2,1H3.